The van der Waals surface area contributed by atoms with Crippen LogP contribution in [0.4, 0.5) is 0 Å². The molecule has 0 aliphatic carbocycles. The van der Waals surface area contributed by atoms with Gasteiger partial charge in [-0.15, -0.1) is 0 Å². The van der Waals surface area contributed by atoms with Crippen molar-refractivity contribution in [2.45, 2.75) is 0 Å². The Labute approximate surface area is 273 Å². The van der Waals surface area contributed by atoms with Crippen LogP contribution in [0.15, 0.2) is 18.1 Å². The van der Waals surface area contributed by atoms with Crippen LogP contribution in [0.1, 0.15) is 0 Å². The van der Waals surface area contributed by atoms with Crippen LogP contribution in [-0.4, -0.2) is 186 Å². The molecule has 7 rings (SSSR count). The quantitative estimate of drug-likeness (QED) is 0.378. The number of hydrogen-bond acceptors (Lipinski definition) is 18. The molecule has 0 saturated carbocycles. The molecule has 264 valence electrons. The summed E-state index contributed by atoms with van der Waals surface area (Å²) in [4.78, 5) is 0. The van der Waals surface area contributed by atoms with Crippen molar-refractivity contribution in [2.75, 3.05) is 158 Å². The second-order valence-corrected chi connectivity index (χ2v) is 22.9. The van der Waals surface area contributed by atoms with Crippen LogP contribution in [0.3, 0.4) is 0 Å². The van der Waals surface area contributed by atoms with E-state index in [2.05, 4.69) is 28.0 Å². The Morgan fingerprint density at radius 3 is 0.717 bits per heavy atom. The summed E-state index contributed by atoms with van der Waals surface area (Å²) in [6.45, 7) is 15.3. The SMILES string of the molecule is NP1(N2CCOCC2)=NP(N2CCOCC2)(N2CCOCC2)=NP(N)(N2CCOCC2)=NP(N2CCOCC2)(N2CCOCC2)=N1. The molecule has 0 aromatic heterocycles. The fraction of sp³-hybridized carbons (Fsp3) is 1.00. The molecule has 0 radical (unpaired) electrons. The summed E-state index contributed by atoms with van der Waals surface area (Å²) in [6.07, 6.45) is 0. The predicted molar refractivity (Wildman–Crippen MR) is 180 cm³/mol. The van der Waals surface area contributed by atoms with Crippen molar-refractivity contribution in [3.8, 4) is 0 Å². The van der Waals surface area contributed by atoms with E-state index in [1.165, 1.54) is 0 Å². The molecular weight excluding hydrogens is 676 g/mol. The van der Waals surface area contributed by atoms with Gasteiger partial charge in [0.05, 0.1) is 79.3 Å². The lowest BCUT2D eigenvalue weighted by atomic mass is 10.5. The van der Waals surface area contributed by atoms with Gasteiger partial charge in [-0.2, -0.15) is 18.1 Å². The first kappa shape index (κ1) is 34.8. The van der Waals surface area contributed by atoms with Gasteiger partial charge in [-0.05, 0) is 0 Å². The van der Waals surface area contributed by atoms with Crippen LogP contribution in [0, 0.1) is 0 Å². The predicted octanol–water partition coefficient (Wildman–Crippen LogP) is 1.70. The Hall–Kier alpha value is 0.360. The van der Waals surface area contributed by atoms with Gasteiger partial charge in [0, 0.05) is 78.5 Å². The fourth-order valence-corrected chi connectivity index (χ4v) is 24.8. The lowest BCUT2D eigenvalue weighted by Crippen LogP contribution is -2.45. The van der Waals surface area contributed by atoms with Gasteiger partial charge < -0.3 is 28.4 Å². The van der Waals surface area contributed by atoms with Gasteiger partial charge in [-0.1, -0.05) is 0 Å². The molecule has 7 aliphatic rings. The van der Waals surface area contributed by atoms with Gasteiger partial charge in [0.15, 0.2) is 0 Å². The third-order valence-corrected chi connectivity index (χ3v) is 24.4. The van der Waals surface area contributed by atoms with Gasteiger partial charge in [-0.3, -0.25) is 11.0 Å². The second-order valence-electron chi connectivity index (χ2n) is 12.1. The van der Waals surface area contributed by atoms with Crippen LogP contribution in [0.2, 0.25) is 0 Å². The van der Waals surface area contributed by atoms with E-state index in [1.807, 2.05) is 0 Å². The standard InChI is InChI=1S/C24H52N12O6P4/c25-43(31-1-13-37-14-2-31)27-45(33-5-17-39-18-6-33,34-7-19-40-20-8-34)29-44(26,32-3-15-38-16-4-32)30-46(28-43,35-9-21-41-22-10-35)36-11-23-42-24-12-36/h1-26H2. The van der Waals surface area contributed by atoms with E-state index in [-0.39, 0.29) is 0 Å². The molecule has 46 heavy (non-hydrogen) atoms. The lowest BCUT2D eigenvalue weighted by Gasteiger charge is -2.50. The molecule has 0 aromatic rings. The third-order valence-electron chi connectivity index (χ3n) is 9.28. The smallest absolute Gasteiger partial charge is 0.221 e. The molecule has 18 nitrogen and oxygen atoms in total. The molecule has 22 heteroatoms. The van der Waals surface area contributed by atoms with Gasteiger partial charge >= 0.3 is 0 Å². The van der Waals surface area contributed by atoms with Crippen molar-refractivity contribution in [1.29, 1.82) is 0 Å². The summed E-state index contributed by atoms with van der Waals surface area (Å²) in [5.41, 5.74) is 15.7. The molecule has 0 aromatic carbocycles. The summed E-state index contributed by atoms with van der Waals surface area (Å²) >= 11 is 0. The molecular formula is C24H52N12O6P4. The van der Waals surface area contributed by atoms with Crippen molar-refractivity contribution in [1.82, 2.24) is 28.0 Å². The van der Waals surface area contributed by atoms with E-state index in [4.69, 9.17) is 57.5 Å². The molecule has 0 spiro atoms. The molecule has 0 bridgehead atoms. The van der Waals surface area contributed by atoms with E-state index >= 15 is 0 Å². The molecule has 2 atom stereocenters. The molecule has 0 amide bonds. The zero-order valence-electron chi connectivity index (χ0n) is 26.8. The maximum absolute atomic E-state index is 7.84. The topological polar surface area (TPSA) is 176 Å². The van der Waals surface area contributed by atoms with Gasteiger partial charge in [0.2, 0.25) is 30.0 Å². The number of morpholine rings is 6. The first-order chi connectivity index (χ1) is 22.5. The van der Waals surface area contributed by atoms with Crippen molar-refractivity contribution in [3.63, 3.8) is 0 Å². The average molecular weight is 729 g/mol. The Morgan fingerprint density at radius 1 is 0.304 bits per heavy atom. The Morgan fingerprint density at radius 2 is 0.500 bits per heavy atom. The van der Waals surface area contributed by atoms with Crippen molar-refractivity contribution in [3.05, 3.63) is 0 Å². The van der Waals surface area contributed by atoms with Crippen molar-refractivity contribution >= 4 is 30.0 Å². The summed E-state index contributed by atoms with van der Waals surface area (Å²) < 4.78 is 73.3. The highest BCUT2D eigenvalue weighted by atomic mass is 31.3. The minimum atomic E-state index is -3.11. The lowest BCUT2D eigenvalue weighted by molar-refractivity contribution is 0.0563. The number of nitrogens with zero attached hydrogens (tertiary/aromatic N) is 10. The zero-order chi connectivity index (χ0) is 31.5. The minimum absolute atomic E-state index is 0.584. The number of rotatable bonds is 6. The largest absolute Gasteiger partial charge is 0.379 e. The number of hydrogen-bond donors (Lipinski definition) is 2. The average Bonchev–Trinajstić information content (AvgIpc) is 3.13. The Balaban J connectivity index is 1.55. The molecule has 2 unspecified atom stereocenters. The van der Waals surface area contributed by atoms with E-state index in [9.17, 15) is 0 Å². The maximum atomic E-state index is 7.84. The Bertz CT molecular complexity index is 1130. The highest BCUT2D eigenvalue weighted by Crippen LogP contribution is 2.79. The number of nitrogens with two attached hydrogens (primary N) is 2. The van der Waals surface area contributed by atoms with Crippen LogP contribution in [-0.2, 0) is 28.4 Å². The molecule has 4 N–H and O–H groups in total. The molecule has 7 aliphatic heterocycles. The normalized spacial score (nSPS) is 36.7. The molecule has 7 heterocycles. The van der Waals surface area contributed by atoms with Crippen LogP contribution >= 0.6 is 30.0 Å². The third kappa shape index (κ3) is 7.10. The highest BCUT2D eigenvalue weighted by molar-refractivity contribution is 7.83. The van der Waals surface area contributed by atoms with Gasteiger partial charge in [0.25, 0.3) is 0 Å². The van der Waals surface area contributed by atoms with Crippen molar-refractivity contribution in [2.24, 2.45) is 29.1 Å². The molecule has 6 saturated heterocycles. The Kier molecular flexibility index (Phi) is 11.6. The zero-order valence-corrected chi connectivity index (χ0v) is 30.4. The fourth-order valence-electron chi connectivity index (χ4n) is 6.80. The van der Waals surface area contributed by atoms with Crippen LogP contribution < -0.4 is 11.0 Å². The van der Waals surface area contributed by atoms with E-state index in [0.717, 1.165) is 0 Å². The van der Waals surface area contributed by atoms with E-state index < -0.39 is 30.0 Å². The maximum Gasteiger partial charge on any atom is 0.221 e. The summed E-state index contributed by atoms with van der Waals surface area (Å²) in [7, 11) is -12.1. The second kappa shape index (κ2) is 15.3. The highest BCUT2D eigenvalue weighted by Gasteiger charge is 2.49. The number of ether oxygens (including phenoxy) is 6. The van der Waals surface area contributed by atoms with Gasteiger partial charge in [0.1, 0.15) is 0 Å². The van der Waals surface area contributed by atoms with E-state index in [0.29, 0.717) is 158 Å². The summed E-state index contributed by atoms with van der Waals surface area (Å²) in [5.74, 6) is 0. The summed E-state index contributed by atoms with van der Waals surface area (Å²) in [5, 5.41) is 0. The first-order valence-corrected chi connectivity index (χ1v) is 23.2. The first-order valence-electron chi connectivity index (χ1n) is 16.6. The monoisotopic (exact) mass is 728 g/mol. The van der Waals surface area contributed by atoms with Crippen LogP contribution in [0.5, 0.6) is 0 Å². The minimum Gasteiger partial charge on any atom is -0.379 e. The molecule has 6 fully saturated rings. The van der Waals surface area contributed by atoms with Gasteiger partial charge in [-0.25, -0.2) is 28.0 Å². The summed E-state index contributed by atoms with van der Waals surface area (Å²) in [6, 6.07) is 0. The van der Waals surface area contributed by atoms with Crippen molar-refractivity contribution < 1.29 is 28.4 Å². The van der Waals surface area contributed by atoms with E-state index in [1.54, 1.807) is 0 Å². The van der Waals surface area contributed by atoms with Crippen LogP contribution in [0.25, 0.3) is 0 Å².